The number of fused-ring (bicyclic) bond motifs is 3. The second kappa shape index (κ2) is 6.61. The molecule has 0 aliphatic heterocycles. The molecule has 5 aromatic rings. The molecule has 3 aromatic carbocycles. The van der Waals surface area contributed by atoms with Gasteiger partial charge in [-0.05, 0) is 47.9 Å². The lowest BCUT2D eigenvalue weighted by molar-refractivity contribution is -0.660. The molecule has 5 rings (SSSR count). The van der Waals surface area contributed by atoms with E-state index < -0.39 is 0 Å². The smallest absolute Gasteiger partial charge is 0.216 e. The van der Waals surface area contributed by atoms with Crippen LogP contribution in [0.4, 0.5) is 5.69 Å². The first-order chi connectivity index (χ1) is 14.2. The molecule has 29 heavy (non-hydrogen) atoms. The molecule has 0 N–H and O–H groups in total. The van der Waals surface area contributed by atoms with E-state index >= 15 is 0 Å². The minimum atomic E-state index is 0.617. The first-order valence-corrected chi connectivity index (χ1v) is 9.55. The average molecular weight is 375 g/mol. The van der Waals surface area contributed by atoms with Gasteiger partial charge in [0.15, 0.2) is 11.9 Å². The number of pyridine rings is 1. The zero-order valence-corrected chi connectivity index (χ0v) is 16.3. The molecule has 2 heterocycles. The highest BCUT2D eigenvalue weighted by atomic mass is 16.3. The first-order valence-electron chi connectivity index (χ1n) is 9.55. The van der Waals surface area contributed by atoms with Crippen molar-refractivity contribution in [2.45, 2.75) is 6.92 Å². The monoisotopic (exact) mass is 375 g/mol. The Morgan fingerprint density at radius 1 is 0.931 bits per heavy atom. The topological polar surface area (TPSA) is 21.4 Å². The maximum atomic E-state index is 7.43. The fourth-order valence-electron chi connectivity index (χ4n) is 4.09. The normalized spacial score (nSPS) is 11.1. The molecule has 138 valence electrons. The maximum absolute atomic E-state index is 7.43. The lowest BCUT2D eigenvalue weighted by Gasteiger charge is -2.10. The Hall–Kier alpha value is -3.90. The van der Waals surface area contributed by atoms with Gasteiger partial charge in [-0.1, -0.05) is 36.4 Å². The van der Waals surface area contributed by atoms with Crippen LogP contribution in [0.15, 0.2) is 83.4 Å². The summed E-state index contributed by atoms with van der Waals surface area (Å²) in [5, 5.41) is 2.04. The van der Waals surface area contributed by atoms with Crippen LogP contribution in [-0.4, -0.2) is 0 Å². The average Bonchev–Trinajstić information content (AvgIpc) is 3.13. The van der Waals surface area contributed by atoms with E-state index in [1.807, 2.05) is 49.6 Å². The molecule has 3 heteroatoms. The molecule has 3 nitrogen and oxygen atoms in total. The third-order valence-electron chi connectivity index (χ3n) is 5.45. The van der Waals surface area contributed by atoms with E-state index in [0.29, 0.717) is 5.69 Å². The molecular formula is C26H19N2O+. The Kier molecular flexibility index (Phi) is 3.93. The van der Waals surface area contributed by atoms with Gasteiger partial charge in [-0.2, -0.15) is 0 Å². The van der Waals surface area contributed by atoms with Crippen LogP contribution in [0.1, 0.15) is 5.56 Å². The van der Waals surface area contributed by atoms with Gasteiger partial charge in [-0.25, -0.2) is 9.41 Å². The van der Waals surface area contributed by atoms with E-state index in [1.54, 1.807) is 0 Å². The molecule has 0 aliphatic rings. The van der Waals surface area contributed by atoms with Gasteiger partial charge in [0, 0.05) is 22.9 Å². The number of furan rings is 1. The van der Waals surface area contributed by atoms with Crippen LogP contribution in [0, 0.1) is 13.5 Å². The molecule has 0 spiro atoms. The molecule has 0 aliphatic carbocycles. The molecular weight excluding hydrogens is 356 g/mol. The lowest BCUT2D eigenvalue weighted by Crippen LogP contribution is -2.30. The number of hydrogen-bond donors (Lipinski definition) is 0. The van der Waals surface area contributed by atoms with E-state index in [-0.39, 0.29) is 0 Å². The van der Waals surface area contributed by atoms with Crippen LogP contribution in [-0.2, 0) is 7.05 Å². The molecule has 0 bridgehead atoms. The third kappa shape index (κ3) is 2.69. The van der Waals surface area contributed by atoms with Crippen molar-refractivity contribution < 1.29 is 8.98 Å². The first kappa shape index (κ1) is 17.2. The summed E-state index contributed by atoms with van der Waals surface area (Å²) in [6, 6.07) is 24.4. The largest absolute Gasteiger partial charge is 0.455 e. The van der Waals surface area contributed by atoms with Crippen molar-refractivity contribution in [1.29, 1.82) is 0 Å². The highest BCUT2D eigenvalue weighted by Gasteiger charge is 2.23. The molecule has 0 atom stereocenters. The van der Waals surface area contributed by atoms with E-state index in [1.165, 1.54) is 0 Å². The second-order valence-corrected chi connectivity index (χ2v) is 7.28. The van der Waals surface area contributed by atoms with Crippen molar-refractivity contribution in [3.8, 4) is 22.4 Å². The zero-order chi connectivity index (χ0) is 20.0. The quantitative estimate of drug-likeness (QED) is 0.251. The molecule has 0 amide bonds. The van der Waals surface area contributed by atoms with Crippen molar-refractivity contribution in [3.05, 3.63) is 96.0 Å². The summed E-state index contributed by atoms with van der Waals surface area (Å²) in [6.45, 7) is 9.56. The van der Waals surface area contributed by atoms with Crippen molar-refractivity contribution in [2.75, 3.05) is 0 Å². The predicted octanol–water partition coefficient (Wildman–Crippen LogP) is 6.60. The van der Waals surface area contributed by atoms with Gasteiger partial charge in [0.2, 0.25) is 5.69 Å². The number of benzene rings is 3. The van der Waals surface area contributed by atoms with Gasteiger partial charge >= 0.3 is 0 Å². The zero-order valence-electron chi connectivity index (χ0n) is 16.3. The minimum absolute atomic E-state index is 0.617. The van der Waals surface area contributed by atoms with Gasteiger partial charge in [0.25, 0.3) is 0 Å². The maximum Gasteiger partial charge on any atom is 0.216 e. The molecule has 0 fully saturated rings. The highest BCUT2D eigenvalue weighted by Crippen LogP contribution is 2.43. The fourth-order valence-corrected chi connectivity index (χ4v) is 4.09. The van der Waals surface area contributed by atoms with Crippen LogP contribution >= 0.6 is 0 Å². The van der Waals surface area contributed by atoms with Crippen molar-refractivity contribution in [3.63, 3.8) is 0 Å². The van der Waals surface area contributed by atoms with Crippen molar-refractivity contribution in [1.82, 2.24) is 0 Å². The fraction of sp³-hybridized carbons (Fsp3) is 0.0769. The summed E-state index contributed by atoms with van der Waals surface area (Å²) in [4.78, 5) is 3.63. The number of hydrogen-bond acceptors (Lipinski definition) is 1. The Morgan fingerprint density at radius 2 is 1.72 bits per heavy atom. The van der Waals surface area contributed by atoms with Gasteiger partial charge in [0.05, 0.1) is 12.1 Å². The van der Waals surface area contributed by atoms with Gasteiger partial charge < -0.3 is 4.42 Å². The Bertz CT molecular complexity index is 1420. The summed E-state index contributed by atoms with van der Waals surface area (Å²) >= 11 is 0. The summed E-state index contributed by atoms with van der Waals surface area (Å²) in [7, 11) is 2.05. The standard InChI is InChI=1S/C26H19N2O/c1-17-15-20(18-9-5-4-6-10-18)25-21-16-19(27-2)12-13-23(21)29-26(25)24(17)22-11-7-8-14-28(22)3/h4-16H,1,3H3/q+1. The van der Waals surface area contributed by atoms with Crippen LogP contribution in [0.5, 0.6) is 0 Å². The van der Waals surface area contributed by atoms with Crippen molar-refractivity contribution >= 4 is 27.6 Å². The summed E-state index contributed by atoms with van der Waals surface area (Å²) in [5.41, 5.74) is 7.89. The highest BCUT2D eigenvalue weighted by molar-refractivity contribution is 6.17. The molecule has 0 saturated carbocycles. The lowest BCUT2D eigenvalue weighted by atomic mass is 9.92. The van der Waals surface area contributed by atoms with Gasteiger partial charge in [0.1, 0.15) is 18.2 Å². The summed E-state index contributed by atoms with van der Waals surface area (Å²) < 4.78 is 8.53. The SMILES string of the molecule is [C-]#[N+]c1ccc2oc3c(-c4cccc[n+]4C)c(C)cc(-c4ccccc4)c3c2c1. The van der Waals surface area contributed by atoms with Crippen LogP contribution in [0.3, 0.4) is 0 Å². The van der Waals surface area contributed by atoms with E-state index in [2.05, 4.69) is 52.7 Å². The van der Waals surface area contributed by atoms with Crippen molar-refractivity contribution in [2.24, 2.45) is 7.05 Å². The molecule has 0 saturated heterocycles. The summed E-state index contributed by atoms with van der Waals surface area (Å²) in [5.74, 6) is 0. The van der Waals surface area contributed by atoms with E-state index in [9.17, 15) is 0 Å². The minimum Gasteiger partial charge on any atom is -0.455 e. The number of nitrogens with zero attached hydrogens (tertiary/aromatic N) is 2. The molecule has 2 aromatic heterocycles. The summed E-state index contributed by atoms with van der Waals surface area (Å²) in [6.07, 6.45) is 2.05. The second-order valence-electron chi connectivity index (χ2n) is 7.28. The van der Waals surface area contributed by atoms with Gasteiger partial charge in [-0.15, -0.1) is 0 Å². The van der Waals surface area contributed by atoms with Crippen LogP contribution < -0.4 is 4.57 Å². The van der Waals surface area contributed by atoms with Crippen LogP contribution in [0.25, 0.3) is 49.2 Å². The Labute approximate surface area is 169 Å². The van der Waals surface area contributed by atoms with Gasteiger partial charge in [-0.3, -0.25) is 0 Å². The Morgan fingerprint density at radius 3 is 2.48 bits per heavy atom. The predicted molar refractivity (Wildman–Crippen MR) is 117 cm³/mol. The Balaban J connectivity index is 1.99. The van der Waals surface area contributed by atoms with E-state index in [4.69, 9.17) is 11.0 Å². The number of aryl methyl sites for hydroxylation is 2. The van der Waals surface area contributed by atoms with E-state index in [0.717, 1.165) is 49.9 Å². The molecule has 0 radical (unpaired) electrons. The third-order valence-corrected chi connectivity index (χ3v) is 5.45. The number of rotatable bonds is 2. The number of aromatic nitrogens is 1. The molecule has 0 unspecified atom stereocenters. The van der Waals surface area contributed by atoms with Crippen LogP contribution in [0.2, 0.25) is 0 Å².